The summed E-state index contributed by atoms with van der Waals surface area (Å²) >= 11 is 0. The summed E-state index contributed by atoms with van der Waals surface area (Å²) in [5, 5.41) is 0. The first-order chi connectivity index (χ1) is 11.4. The van der Waals surface area contributed by atoms with Gasteiger partial charge in [0.25, 0.3) is 0 Å². The maximum Gasteiger partial charge on any atom is 0.573 e. The van der Waals surface area contributed by atoms with Crippen LogP contribution in [0.2, 0.25) is 0 Å². The molecule has 4 nitrogen and oxygen atoms in total. The van der Waals surface area contributed by atoms with Crippen molar-refractivity contribution in [2.45, 2.75) is 6.36 Å². The van der Waals surface area contributed by atoms with Crippen molar-refractivity contribution in [2.75, 3.05) is 20.3 Å². The second kappa shape index (κ2) is 7.39. The SMILES string of the molecule is COc1cccc(-c2ccc(OCCN)c(OC(F)(F)F)c2)c1F. The minimum atomic E-state index is -4.91. The summed E-state index contributed by atoms with van der Waals surface area (Å²) in [7, 11) is 1.30. The Morgan fingerprint density at radius 1 is 1.04 bits per heavy atom. The molecular weight excluding hydrogens is 330 g/mol. The van der Waals surface area contributed by atoms with Crippen LogP contribution in [0.3, 0.4) is 0 Å². The van der Waals surface area contributed by atoms with Crippen molar-refractivity contribution in [3.05, 3.63) is 42.2 Å². The van der Waals surface area contributed by atoms with Gasteiger partial charge in [0.1, 0.15) is 6.61 Å². The minimum Gasteiger partial charge on any atom is -0.494 e. The van der Waals surface area contributed by atoms with Crippen molar-refractivity contribution in [1.29, 1.82) is 0 Å². The lowest BCUT2D eigenvalue weighted by atomic mass is 10.0. The van der Waals surface area contributed by atoms with Gasteiger partial charge in [-0.1, -0.05) is 18.2 Å². The van der Waals surface area contributed by atoms with Crippen molar-refractivity contribution in [2.24, 2.45) is 5.73 Å². The van der Waals surface area contributed by atoms with E-state index in [1.54, 1.807) is 0 Å². The smallest absolute Gasteiger partial charge is 0.494 e. The normalized spacial score (nSPS) is 11.2. The molecule has 2 N–H and O–H groups in total. The van der Waals surface area contributed by atoms with Crippen molar-refractivity contribution in [3.8, 4) is 28.4 Å². The molecule has 0 aliphatic carbocycles. The van der Waals surface area contributed by atoms with Crippen LogP contribution in [0, 0.1) is 5.82 Å². The second-order valence-electron chi connectivity index (χ2n) is 4.67. The van der Waals surface area contributed by atoms with Crippen LogP contribution in [0.25, 0.3) is 11.1 Å². The predicted molar refractivity (Wildman–Crippen MR) is 79.6 cm³/mol. The zero-order chi connectivity index (χ0) is 17.7. The van der Waals surface area contributed by atoms with E-state index in [0.717, 1.165) is 6.07 Å². The van der Waals surface area contributed by atoms with E-state index in [-0.39, 0.29) is 35.8 Å². The van der Waals surface area contributed by atoms with Gasteiger partial charge in [0.05, 0.1) is 7.11 Å². The molecule has 8 heteroatoms. The van der Waals surface area contributed by atoms with Gasteiger partial charge < -0.3 is 19.9 Å². The van der Waals surface area contributed by atoms with E-state index in [1.165, 1.54) is 37.4 Å². The quantitative estimate of drug-likeness (QED) is 0.811. The van der Waals surface area contributed by atoms with Crippen LogP contribution in [0.5, 0.6) is 17.2 Å². The molecule has 130 valence electrons. The van der Waals surface area contributed by atoms with Crippen molar-refractivity contribution < 1.29 is 31.8 Å². The molecule has 0 heterocycles. The first-order valence-electron chi connectivity index (χ1n) is 6.91. The fourth-order valence-corrected chi connectivity index (χ4v) is 2.06. The maximum absolute atomic E-state index is 14.3. The molecule has 0 fully saturated rings. The van der Waals surface area contributed by atoms with Crippen LogP contribution < -0.4 is 19.9 Å². The Hall–Kier alpha value is -2.48. The van der Waals surface area contributed by atoms with Gasteiger partial charge in [0.2, 0.25) is 0 Å². The number of halogens is 4. The Kier molecular flexibility index (Phi) is 5.50. The van der Waals surface area contributed by atoms with Crippen LogP contribution >= 0.6 is 0 Å². The molecule has 0 spiro atoms. The monoisotopic (exact) mass is 345 g/mol. The van der Waals surface area contributed by atoms with Crippen LogP contribution in [0.1, 0.15) is 0 Å². The Labute approximate surface area is 135 Å². The number of rotatable bonds is 6. The van der Waals surface area contributed by atoms with Crippen molar-refractivity contribution >= 4 is 0 Å². The molecule has 2 aromatic rings. The average molecular weight is 345 g/mol. The predicted octanol–water partition coefficient (Wildman–Crippen LogP) is 3.74. The number of hydrogen-bond acceptors (Lipinski definition) is 4. The van der Waals surface area contributed by atoms with Gasteiger partial charge in [0.15, 0.2) is 23.1 Å². The summed E-state index contributed by atoms with van der Waals surface area (Å²) < 4.78 is 66.0. The summed E-state index contributed by atoms with van der Waals surface area (Å²) in [6.07, 6.45) is -4.91. The highest BCUT2D eigenvalue weighted by Gasteiger charge is 2.32. The molecule has 0 atom stereocenters. The second-order valence-corrected chi connectivity index (χ2v) is 4.67. The Bertz CT molecular complexity index is 704. The van der Waals surface area contributed by atoms with Crippen LogP contribution in [0.4, 0.5) is 17.6 Å². The zero-order valence-electron chi connectivity index (χ0n) is 12.7. The fraction of sp³-hybridized carbons (Fsp3) is 0.250. The molecular formula is C16H15F4NO3. The summed E-state index contributed by atoms with van der Waals surface area (Å²) in [5.41, 5.74) is 5.54. The number of ether oxygens (including phenoxy) is 3. The van der Waals surface area contributed by atoms with E-state index < -0.39 is 17.9 Å². The standard InChI is InChI=1S/C16H15F4NO3/c1-22-13-4-2-3-11(15(13)17)10-5-6-12(23-8-7-21)14(9-10)24-16(18,19)20/h2-6,9H,7-8,21H2,1H3. The first kappa shape index (κ1) is 17.9. The number of benzene rings is 2. The van der Waals surface area contributed by atoms with Gasteiger partial charge in [-0.15, -0.1) is 13.2 Å². The Balaban J connectivity index is 2.47. The lowest BCUT2D eigenvalue weighted by molar-refractivity contribution is -0.275. The van der Waals surface area contributed by atoms with Crippen LogP contribution in [0.15, 0.2) is 36.4 Å². The van der Waals surface area contributed by atoms with E-state index >= 15 is 0 Å². The topological polar surface area (TPSA) is 53.7 Å². The summed E-state index contributed by atoms with van der Waals surface area (Å²) in [5.74, 6) is -1.41. The fourth-order valence-electron chi connectivity index (χ4n) is 2.06. The minimum absolute atomic E-state index is 0.0150. The highest BCUT2D eigenvalue weighted by Crippen LogP contribution is 2.38. The van der Waals surface area contributed by atoms with E-state index in [2.05, 4.69) is 4.74 Å². The van der Waals surface area contributed by atoms with Crippen molar-refractivity contribution in [1.82, 2.24) is 0 Å². The Morgan fingerprint density at radius 2 is 1.79 bits per heavy atom. The molecule has 0 amide bonds. The molecule has 0 unspecified atom stereocenters. The van der Waals surface area contributed by atoms with Gasteiger partial charge in [-0.2, -0.15) is 0 Å². The molecule has 24 heavy (non-hydrogen) atoms. The molecule has 2 aromatic carbocycles. The first-order valence-corrected chi connectivity index (χ1v) is 6.91. The van der Waals surface area contributed by atoms with Gasteiger partial charge >= 0.3 is 6.36 Å². The molecule has 2 rings (SSSR count). The number of alkyl halides is 3. The third kappa shape index (κ3) is 4.29. The largest absolute Gasteiger partial charge is 0.573 e. The van der Waals surface area contributed by atoms with Crippen LogP contribution in [-0.2, 0) is 0 Å². The lowest BCUT2D eigenvalue weighted by Gasteiger charge is -2.15. The van der Waals surface area contributed by atoms with E-state index in [9.17, 15) is 17.6 Å². The highest BCUT2D eigenvalue weighted by molar-refractivity contribution is 5.69. The van der Waals surface area contributed by atoms with Crippen LogP contribution in [-0.4, -0.2) is 26.6 Å². The summed E-state index contributed by atoms with van der Waals surface area (Å²) in [6, 6.07) is 8.10. The van der Waals surface area contributed by atoms with E-state index in [0.29, 0.717) is 0 Å². The van der Waals surface area contributed by atoms with Gasteiger partial charge in [-0.05, 0) is 23.8 Å². The molecule has 0 saturated heterocycles. The third-order valence-electron chi connectivity index (χ3n) is 3.04. The number of nitrogens with two attached hydrogens (primary N) is 1. The molecule has 0 aromatic heterocycles. The van der Waals surface area contributed by atoms with Gasteiger partial charge in [0, 0.05) is 12.1 Å². The Morgan fingerprint density at radius 3 is 2.42 bits per heavy atom. The average Bonchev–Trinajstić information content (AvgIpc) is 2.52. The molecule has 0 saturated carbocycles. The molecule has 0 bridgehead atoms. The molecule has 0 radical (unpaired) electrons. The van der Waals surface area contributed by atoms with Crippen molar-refractivity contribution in [3.63, 3.8) is 0 Å². The summed E-state index contributed by atoms with van der Waals surface area (Å²) in [6.45, 7) is 0.138. The summed E-state index contributed by atoms with van der Waals surface area (Å²) in [4.78, 5) is 0. The third-order valence-corrected chi connectivity index (χ3v) is 3.04. The van der Waals surface area contributed by atoms with Gasteiger partial charge in [-0.25, -0.2) is 4.39 Å². The van der Waals surface area contributed by atoms with Gasteiger partial charge in [-0.3, -0.25) is 0 Å². The molecule has 0 aliphatic heterocycles. The molecule has 0 aliphatic rings. The number of methoxy groups -OCH3 is 1. The lowest BCUT2D eigenvalue weighted by Crippen LogP contribution is -2.18. The highest BCUT2D eigenvalue weighted by atomic mass is 19.4. The zero-order valence-corrected chi connectivity index (χ0v) is 12.7. The number of hydrogen-bond donors (Lipinski definition) is 1. The van der Waals surface area contributed by atoms with E-state index in [4.69, 9.17) is 15.2 Å². The maximum atomic E-state index is 14.3. The van der Waals surface area contributed by atoms with E-state index in [1.807, 2.05) is 0 Å².